The van der Waals surface area contributed by atoms with Crippen LogP contribution >= 0.6 is 11.3 Å². The number of anilines is 1. The molecule has 3 rings (SSSR count). The molecule has 0 saturated carbocycles. The lowest BCUT2D eigenvalue weighted by atomic mass is 9.97. The SMILES string of the molecule is Cc1nc(NCC(C)O)c2c3c(sc2n1)CCCC3. The maximum Gasteiger partial charge on any atom is 0.138 e. The van der Waals surface area contributed by atoms with Crippen molar-refractivity contribution in [2.75, 3.05) is 11.9 Å². The minimum absolute atomic E-state index is 0.375. The van der Waals surface area contributed by atoms with Crippen LogP contribution in [0, 0.1) is 6.92 Å². The van der Waals surface area contributed by atoms with Gasteiger partial charge in [0.05, 0.1) is 11.5 Å². The van der Waals surface area contributed by atoms with Crippen LogP contribution in [-0.2, 0) is 12.8 Å². The topological polar surface area (TPSA) is 58.0 Å². The Morgan fingerprint density at radius 1 is 1.32 bits per heavy atom. The Balaban J connectivity index is 2.10. The first-order valence-electron chi connectivity index (χ1n) is 6.86. The van der Waals surface area contributed by atoms with E-state index in [-0.39, 0.29) is 6.10 Å². The highest BCUT2D eigenvalue weighted by atomic mass is 32.1. The summed E-state index contributed by atoms with van der Waals surface area (Å²) in [6.07, 6.45) is 4.46. The van der Waals surface area contributed by atoms with Gasteiger partial charge in [0, 0.05) is 11.4 Å². The lowest BCUT2D eigenvalue weighted by Crippen LogP contribution is -2.16. The van der Waals surface area contributed by atoms with Crippen molar-refractivity contribution in [3.8, 4) is 0 Å². The quantitative estimate of drug-likeness (QED) is 0.905. The van der Waals surface area contributed by atoms with E-state index in [1.54, 1.807) is 6.92 Å². The lowest BCUT2D eigenvalue weighted by Gasteiger charge is -2.13. The number of fused-ring (bicyclic) bond motifs is 3. The second-order valence-corrected chi connectivity index (χ2v) is 6.32. The van der Waals surface area contributed by atoms with Gasteiger partial charge in [-0.2, -0.15) is 0 Å². The van der Waals surface area contributed by atoms with E-state index in [1.807, 2.05) is 18.3 Å². The van der Waals surface area contributed by atoms with E-state index in [1.165, 1.54) is 35.1 Å². The minimum atomic E-state index is -0.375. The first-order chi connectivity index (χ1) is 9.15. The number of aliphatic hydroxyl groups excluding tert-OH is 1. The molecule has 0 saturated heterocycles. The summed E-state index contributed by atoms with van der Waals surface area (Å²) in [5, 5.41) is 13.9. The minimum Gasteiger partial charge on any atom is -0.392 e. The van der Waals surface area contributed by atoms with Gasteiger partial charge in [0.25, 0.3) is 0 Å². The largest absolute Gasteiger partial charge is 0.392 e. The van der Waals surface area contributed by atoms with Crippen LogP contribution in [0.2, 0.25) is 0 Å². The maximum atomic E-state index is 9.44. The standard InChI is InChI=1S/C14H19N3OS/c1-8(18)7-15-13-12-10-5-3-4-6-11(10)19-14(12)17-9(2)16-13/h8,18H,3-7H2,1-2H3,(H,15,16,17). The Hall–Kier alpha value is -1.20. The average Bonchev–Trinajstić information content (AvgIpc) is 2.73. The van der Waals surface area contributed by atoms with E-state index < -0.39 is 0 Å². The van der Waals surface area contributed by atoms with Gasteiger partial charge in [-0.05, 0) is 45.1 Å². The van der Waals surface area contributed by atoms with E-state index in [9.17, 15) is 5.11 Å². The number of thiophene rings is 1. The van der Waals surface area contributed by atoms with Crippen LogP contribution < -0.4 is 5.32 Å². The van der Waals surface area contributed by atoms with Crippen LogP contribution in [0.3, 0.4) is 0 Å². The summed E-state index contributed by atoms with van der Waals surface area (Å²) in [5.41, 5.74) is 1.43. The van der Waals surface area contributed by atoms with Crippen molar-refractivity contribution >= 4 is 27.4 Å². The molecular weight excluding hydrogens is 258 g/mol. The van der Waals surface area contributed by atoms with Gasteiger partial charge < -0.3 is 10.4 Å². The van der Waals surface area contributed by atoms with Gasteiger partial charge in [-0.1, -0.05) is 0 Å². The molecule has 19 heavy (non-hydrogen) atoms. The summed E-state index contributed by atoms with van der Waals surface area (Å²) in [4.78, 5) is 11.7. The molecule has 0 aliphatic heterocycles. The van der Waals surface area contributed by atoms with Crippen LogP contribution in [0.1, 0.15) is 36.0 Å². The van der Waals surface area contributed by atoms with Crippen molar-refractivity contribution in [3.63, 3.8) is 0 Å². The Kier molecular flexibility index (Phi) is 3.41. The molecular formula is C14H19N3OS. The zero-order valence-corrected chi connectivity index (χ0v) is 12.2. The van der Waals surface area contributed by atoms with Gasteiger partial charge >= 0.3 is 0 Å². The van der Waals surface area contributed by atoms with E-state index in [0.717, 1.165) is 22.9 Å². The number of aryl methyl sites for hydroxylation is 3. The Morgan fingerprint density at radius 3 is 2.89 bits per heavy atom. The van der Waals surface area contributed by atoms with E-state index in [2.05, 4.69) is 15.3 Å². The summed E-state index contributed by atoms with van der Waals surface area (Å²) in [6.45, 7) is 4.23. The van der Waals surface area contributed by atoms with E-state index >= 15 is 0 Å². The monoisotopic (exact) mass is 277 g/mol. The maximum absolute atomic E-state index is 9.44. The van der Waals surface area contributed by atoms with Gasteiger partial charge in [-0.25, -0.2) is 9.97 Å². The third-order valence-electron chi connectivity index (χ3n) is 3.49. The smallest absolute Gasteiger partial charge is 0.138 e. The van der Waals surface area contributed by atoms with E-state index in [0.29, 0.717) is 6.54 Å². The highest BCUT2D eigenvalue weighted by Gasteiger charge is 2.20. The number of rotatable bonds is 3. The third-order valence-corrected chi connectivity index (χ3v) is 4.68. The zero-order valence-electron chi connectivity index (χ0n) is 11.4. The predicted molar refractivity (Wildman–Crippen MR) is 79.0 cm³/mol. The van der Waals surface area contributed by atoms with Gasteiger partial charge in [0.2, 0.25) is 0 Å². The molecule has 1 aliphatic rings. The highest BCUT2D eigenvalue weighted by Crippen LogP contribution is 2.38. The number of aromatic nitrogens is 2. The fraction of sp³-hybridized carbons (Fsp3) is 0.571. The Bertz CT molecular complexity index is 606. The molecule has 0 spiro atoms. The van der Waals surface area contributed by atoms with Crippen molar-refractivity contribution in [1.82, 2.24) is 9.97 Å². The molecule has 4 nitrogen and oxygen atoms in total. The Labute approximate surface area is 116 Å². The number of nitrogens with one attached hydrogen (secondary N) is 1. The summed E-state index contributed by atoms with van der Waals surface area (Å²) >= 11 is 1.81. The molecule has 1 atom stereocenters. The molecule has 1 unspecified atom stereocenters. The Morgan fingerprint density at radius 2 is 2.11 bits per heavy atom. The van der Waals surface area contributed by atoms with Crippen molar-refractivity contribution in [1.29, 1.82) is 0 Å². The zero-order chi connectivity index (χ0) is 13.4. The molecule has 0 bridgehead atoms. The predicted octanol–water partition coefficient (Wildman–Crippen LogP) is 2.67. The lowest BCUT2D eigenvalue weighted by molar-refractivity contribution is 0.208. The highest BCUT2D eigenvalue weighted by molar-refractivity contribution is 7.19. The van der Waals surface area contributed by atoms with Crippen molar-refractivity contribution in [2.24, 2.45) is 0 Å². The summed E-state index contributed by atoms with van der Waals surface area (Å²) in [6, 6.07) is 0. The molecule has 0 amide bonds. The third kappa shape index (κ3) is 2.44. The number of hydrogen-bond acceptors (Lipinski definition) is 5. The second kappa shape index (κ2) is 5.06. The first kappa shape index (κ1) is 12.8. The molecule has 0 fully saturated rings. The average molecular weight is 277 g/mol. The molecule has 0 radical (unpaired) electrons. The van der Waals surface area contributed by atoms with Crippen molar-refractivity contribution in [2.45, 2.75) is 45.6 Å². The molecule has 2 aromatic heterocycles. The fourth-order valence-electron chi connectivity index (χ4n) is 2.64. The molecule has 1 aliphatic carbocycles. The van der Waals surface area contributed by atoms with Crippen LogP contribution in [0.25, 0.3) is 10.2 Å². The second-order valence-electron chi connectivity index (χ2n) is 5.24. The number of nitrogens with zero attached hydrogens (tertiary/aromatic N) is 2. The summed E-state index contributed by atoms with van der Waals surface area (Å²) in [5.74, 6) is 1.68. The summed E-state index contributed by atoms with van der Waals surface area (Å²) < 4.78 is 0. The normalized spacial score (nSPS) is 16.4. The van der Waals surface area contributed by atoms with Crippen LogP contribution in [0.15, 0.2) is 0 Å². The molecule has 2 aromatic rings. The van der Waals surface area contributed by atoms with Gasteiger partial charge in [0.1, 0.15) is 16.5 Å². The van der Waals surface area contributed by atoms with Crippen LogP contribution in [0.5, 0.6) is 0 Å². The van der Waals surface area contributed by atoms with Gasteiger partial charge in [-0.3, -0.25) is 0 Å². The van der Waals surface area contributed by atoms with Gasteiger partial charge in [0.15, 0.2) is 0 Å². The molecule has 5 heteroatoms. The molecule has 102 valence electrons. The van der Waals surface area contributed by atoms with Crippen LogP contribution in [-0.4, -0.2) is 27.7 Å². The first-order valence-corrected chi connectivity index (χ1v) is 7.67. The van der Waals surface area contributed by atoms with Crippen molar-refractivity contribution in [3.05, 3.63) is 16.3 Å². The van der Waals surface area contributed by atoms with Crippen molar-refractivity contribution < 1.29 is 5.11 Å². The number of aliphatic hydroxyl groups is 1. The van der Waals surface area contributed by atoms with Gasteiger partial charge in [-0.15, -0.1) is 11.3 Å². The fourth-order valence-corrected chi connectivity index (χ4v) is 3.94. The molecule has 2 N–H and O–H groups in total. The van der Waals surface area contributed by atoms with E-state index in [4.69, 9.17) is 0 Å². The molecule has 0 aromatic carbocycles. The van der Waals surface area contributed by atoms with Crippen LogP contribution in [0.4, 0.5) is 5.82 Å². The summed E-state index contributed by atoms with van der Waals surface area (Å²) in [7, 11) is 0. The number of hydrogen-bond donors (Lipinski definition) is 2. The molecule has 2 heterocycles.